The molecule has 4 aromatic rings. The lowest BCUT2D eigenvalue weighted by molar-refractivity contribution is 0.0923. The van der Waals surface area contributed by atoms with Gasteiger partial charge in [0.25, 0.3) is 0 Å². The number of hydrogen-bond acceptors (Lipinski definition) is 6. The van der Waals surface area contributed by atoms with E-state index in [0.717, 1.165) is 5.69 Å². The van der Waals surface area contributed by atoms with E-state index in [1.807, 2.05) is 24.3 Å². The Balaban J connectivity index is 1.32. The summed E-state index contributed by atoms with van der Waals surface area (Å²) >= 11 is 3.43. The van der Waals surface area contributed by atoms with E-state index in [9.17, 15) is 4.79 Å². The molecule has 0 saturated carbocycles. The lowest BCUT2D eigenvalue weighted by Gasteiger charge is -2.10. The van der Waals surface area contributed by atoms with Crippen LogP contribution in [0.3, 0.4) is 0 Å². The van der Waals surface area contributed by atoms with Crippen molar-refractivity contribution in [2.75, 3.05) is 14.2 Å². The maximum atomic E-state index is 12.4. The number of aryl methyl sites for hydroxylation is 2. The second kappa shape index (κ2) is 11.2. The fourth-order valence-corrected chi connectivity index (χ4v) is 4.35. The molecule has 0 unspecified atom stereocenters. The number of aromatic nitrogens is 1. The van der Waals surface area contributed by atoms with E-state index >= 15 is 0 Å². The fraction of sp³-hybridized carbons (Fsp3) is 0.185. The van der Waals surface area contributed by atoms with Crippen LogP contribution in [0.5, 0.6) is 17.2 Å². The molecular formula is C27H26BrN3O5. The number of halogens is 1. The first-order valence-electron chi connectivity index (χ1n) is 11.1. The monoisotopic (exact) mass is 551 g/mol. The van der Waals surface area contributed by atoms with Gasteiger partial charge >= 0.3 is 5.91 Å². The molecule has 9 heteroatoms. The van der Waals surface area contributed by atoms with Gasteiger partial charge in [-0.1, -0.05) is 0 Å². The number of hydrogen-bond donors (Lipinski definition) is 1. The first-order valence-corrected chi connectivity index (χ1v) is 11.9. The van der Waals surface area contributed by atoms with Crippen LogP contribution in [0.4, 0.5) is 0 Å². The van der Waals surface area contributed by atoms with Gasteiger partial charge in [0.15, 0.2) is 17.3 Å². The van der Waals surface area contributed by atoms with Gasteiger partial charge in [0, 0.05) is 17.1 Å². The van der Waals surface area contributed by atoms with Gasteiger partial charge in [0.05, 0.1) is 24.9 Å². The molecule has 0 atom stereocenters. The summed E-state index contributed by atoms with van der Waals surface area (Å²) in [5.41, 5.74) is 6.57. The minimum Gasteiger partial charge on any atom is -0.493 e. The first kappa shape index (κ1) is 25.1. The number of carbonyl (C=O) groups excluding carboxylic acids is 1. The Hall–Kier alpha value is -3.98. The molecule has 0 fully saturated rings. The van der Waals surface area contributed by atoms with Crippen LogP contribution in [-0.4, -0.2) is 30.9 Å². The summed E-state index contributed by atoms with van der Waals surface area (Å²) in [5.74, 6) is 2.00. The van der Waals surface area contributed by atoms with Crippen molar-refractivity contribution in [1.82, 2.24) is 9.99 Å². The van der Waals surface area contributed by atoms with Crippen molar-refractivity contribution < 1.29 is 23.4 Å². The van der Waals surface area contributed by atoms with Crippen molar-refractivity contribution in [3.8, 4) is 22.9 Å². The zero-order valence-electron chi connectivity index (χ0n) is 20.4. The maximum absolute atomic E-state index is 12.4. The van der Waals surface area contributed by atoms with Gasteiger partial charge in [-0.05, 0) is 96.0 Å². The Morgan fingerprint density at radius 3 is 2.42 bits per heavy atom. The lowest BCUT2D eigenvalue weighted by Crippen LogP contribution is -2.16. The van der Waals surface area contributed by atoms with Crippen LogP contribution < -0.4 is 19.6 Å². The molecule has 2 aromatic heterocycles. The summed E-state index contributed by atoms with van der Waals surface area (Å²) < 4.78 is 24.9. The summed E-state index contributed by atoms with van der Waals surface area (Å²) in [7, 11) is 3.10. The smallest absolute Gasteiger partial charge is 0.307 e. The van der Waals surface area contributed by atoms with Gasteiger partial charge in [-0.25, -0.2) is 5.43 Å². The second-order valence-corrected chi connectivity index (χ2v) is 8.79. The van der Waals surface area contributed by atoms with E-state index in [0.29, 0.717) is 33.0 Å². The molecule has 0 saturated heterocycles. The highest BCUT2D eigenvalue weighted by Crippen LogP contribution is 2.35. The Labute approximate surface area is 217 Å². The Bertz CT molecular complexity index is 1370. The third-order valence-electron chi connectivity index (χ3n) is 5.47. The standard InChI is InChI=1S/C27H26BrN3O5/c1-17-5-6-18(2)31(17)20-7-9-21(10-8-20)35-16-22-11-12-24(36-22)27(32)30-29-15-19-13-23(28)26(34-4)25(14-19)33-3/h5-15H,16H2,1-4H3,(H,30,32)/b29-15+. The second-order valence-electron chi connectivity index (χ2n) is 7.94. The Kier molecular flexibility index (Phi) is 7.80. The van der Waals surface area contributed by atoms with Crippen LogP contribution in [-0.2, 0) is 6.61 Å². The van der Waals surface area contributed by atoms with Gasteiger partial charge in [-0.15, -0.1) is 0 Å². The largest absolute Gasteiger partial charge is 0.493 e. The molecule has 36 heavy (non-hydrogen) atoms. The number of nitrogens with zero attached hydrogens (tertiary/aromatic N) is 2. The summed E-state index contributed by atoms with van der Waals surface area (Å²) in [6.07, 6.45) is 1.50. The molecule has 0 radical (unpaired) electrons. The third-order valence-corrected chi connectivity index (χ3v) is 6.06. The molecule has 4 rings (SSSR count). The molecule has 8 nitrogen and oxygen atoms in total. The fourth-order valence-electron chi connectivity index (χ4n) is 3.73. The minimum absolute atomic E-state index is 0.133. The van der Waals surface area contributed by atoms with Gasteiger partial charge in [0.2, 0.25) is 0 Å². The SMILES string of the molecule is COc1cc(/C=N/NC(=O)c2ccc(COc3ccc(-n4c(C)ccc4C)cc3)o2)cc(Br)c1OC. The Morgan fingerprint density at radius 1 is 1.03 bits per heavy atom. The molecule has 0 bridgehead atoms. The number of furan rings is 1. The summed E-state index contributed by atoms with van der Waals surface area (Å²) in [4.78, 5) is 12.4. The quantitative estimate of drug-likeness (QED) is 0.209. The average Bonchev–Trinajstić information content (AvgIpc) is 3.49. The number of hydrazone groups is 1. The zero-order valence-corrected chi connectivity index (χ0v) is 22.0. The molecule has 2 aromatic carbocycles. The number of nitrogens with one attached hydrogen (secondary N) is 1. The number of benzene rings is 2. The van der Waals surface area contributed by atoms with Gasteiger partial charge in [0.1, 0.15) is 18.1 Å². The number of ether oxygens (including phenoxy) is 3. The molecule has 1 amide bonds. The van der Waals surface area contributed by atoms with E-state index in [4.69, 9.17) is 18.6 Å². The molecule has 2 heterocycles. The molecule has 1 N–H and O–H groups in total. The molecular weight excluding hydrogens is 526 g/mol. The minimum atomic E-state index is -0.473. The molecule has 0 aliphatic rings. The normalized spacial score (nSPS) is 11.0. The van der Waals surface area contributed by atoms with Crippen molar-refractivity contribution in [2.24, 2.45) is 5.10 Å². The lowest BCUT2D eigenvalue weighted by atomic mass is 10.2. The zero-order chi connectivity index (χ0) is 25.7. The van der Waals surface area contributed by atoms with E-state index in [-0.39, 0.29) is 12.4 Å². The van der Waals surface area contributed by atoms with Crippen LogP contribution in [0.25, 0.3) is 5.69 Å². The molecule has 0 aliphatic carbocycles. The van der Waals surface area contributed by atoms with Crippen LogP contribution in [0.15, 0.2) is 74.7 Å². The molecule has 0 spiro atoms. The third kappa shape index (κ3) is 5.63. The predicted molar refractivity (Wildman–Crippen MR) is 141 cm³/mol. The number of methoxy groups -OCH3 is 2. The molecule has 186 valence electrons. The summed E-state index contributed by atoms with van der Waals surface area (Å²) in [6, 6.07) is 18.8. The summed E-state index contributed by atoms with van der Waals surface area (Å²) in [6.45, 7) is 4.34. The van der Waals surface area contributed by atoms with Crippen LogP contribution in [0.1, 0.15) is 33.3 Å². The average molecular weight is 552 g/mol. The van der Waals surface area contributed by atoms with Crippen molar-refractivity contribution in [1.29, 1.82) is 0 Å². The van der Waals surface area contributed by atoms with Gasteiger partial charge in [-0.2, -0.15) is 5.10 Å². The summed E-state index contributed by atoms with van der Waals surface area (Å²) in [5, 5.41) is 4.00. The van der Waals surface area contributed by atoms with Crippen LogP contribution in [0, 0.1) is 13.8 Å². The topological polar surface area (TPSA) is 87.2 Å². The highest BCUT2D eigenvalue weighted by atomic mass is 79.9. The highest BCUT2D eigenvalue weighted by Gasteiger charge is 2.12. The van der Waals surface area contributed by atoms with Crippen molar-refractivity contribution >= 4 is 28.1 Å². The van der Waals surface area contributed by atoms with Crippen LogP contribution in [0.2, 0.25) is 0 Å². The first-order chi connectivity index (χ1) is 17.4. The van der Waals surface area contributed by atoms with Gasteiger partial charge < -0.3 is 23.2 Å². The van der Waals surface area contributed by atoms with Crippen molar-refractivity contribution in [3.05, 3.63) is 93.6 Å². The number of carbonyl (C=O) groups is 1. The Morgan fingerprint density at radius 2 is 1.75 bits per heavy atom. The molecule has 0 aliphatic heterocycles. The van der Waals surface area contributed by atoms with E-state index in [1.54, 1.807) is 38.5 Å². The van der Waals surface area contributed by atoms with Gasteiger partial charge in [-0.3, -0.25) is 4.79 Å². The maximum Gasteiger partial charge on any atom is 0.307 e. The highest BCUT2D eigenvalue weighted by molar-refractivity contribution is 9.10. The van der Waals surface area contributed by atoms with Crippen LogP contribution >= 0.6 is 15.9 Å². The predicted octanol–water partition coefficient (Wildman–Crippen LogP) is 5.81. The van der Waals surface area contributed by atoms with Crippen molar-refractivity contribution in [2.45, 2.75) is 20.5 Å². The van der Waals surface area contributed by atoms with Crippen molar-refractivity contribution in [3.63, 3.8) is 0 Å². The number of amides is 1. The number of rotatable bonds is 9. The van der Waals surface area contributed by atoms with E-state index in [1.165, 1.54) is 17.6 Å². The van der Waals surface area contributed by atoms with E-state index < -0.39 is 5.91 Å². The van der Waals surface area contributed by atoms with E-state index in [2.05, 4.69) is 57.0 Å².